The summed E-state index contributed by atoms with van der Waals surface area (Å²) in [5.74, 6) is 0.480. The van der Waals surface area contributed by atoms with Crippen LogP contribution >= 0.6 is 0 Å². The van der Waals surface area contributed by atoms with Gasteiger partial charge in [-0.2, -0.15) is 0 Å². The lowest BCUT2D eigenvalue weighted by Gasteiger charge is -2.35. The molecule has 0 fully saturated rings. The number of carbonyl (C=O) groups excluding carboxylic acids is 1. The van der Waals surface area contributed by atoms with Gasteiger partial charge >= 0.3 is 0 Å². The number of rotatable bonds is 9. The van der Waals surface area contributed by atoms with Crippen LogP contribution in [0.25, 0.3) is 0 Å². The monoisotopic (exact) mass is 363 g/mol. The van der Waals surface area contributed by atoms with Gasteiger partial charge in [-0.1, -0.05) is 32.9 Å². The van der Waals surface area contributed by atoms with Crippen molar-refractivity contribution < 1.29 is 14.4 Å². The molecule has 0 spiro atoms. The molecule has 0 saturated carbocycles. The molecule has 0 aliphatic carbocycles. The highest BCUT2D eigenvalue weighted by atomic mass is 16.3. The van der Waals surface area contributed by atoms with Crippen LogP contribution in [0, 0.1) is 6.92 Å². The minimum Gasteiger partial charge on any atom is -0.507 e. The number of hydrogen-bond acceptors (Lipinski definition) is 2. The number of nitrogens with zero attached hydrogens (tertiary/aromatic N) is 1. The van der Waals surface area contributed by atoms with Crippen LogP contribution in [0.2, 0.25) is 0 Å². The first-order valence-corrected chi connectivity index (χ1v) is 10.0. The maximum Gasteiger partial charge on any atom is 0.220 e. The van der Waals surface area contributed by atoms with Crippen molar-refractivity contribution >= 4 is 5.91 Å². The molecule has 26 heavy (non-hydrogen) atoms. The van der Waals surface area contributed by atoms with Gasteiger partial charge < -0.3 is 14.9 Å². The number of carbonyl (C=O) groups is 1. The minimum atomic E-state index is -0.116. The zero-order valence-electron chi connectivity index (χ0n) is 17.9. The van der Waals surface area contributed by atoms with E-state index in [4.69, 9.17) is 0 Å². The summed E-state index contributed by atoms with van der Waals surface area (Å²) in [5.41, 5.74) is 2.82. The number of nitrogens with one attached hydrogen (secondary N) is 1. The maximum atomic E-state index is 12.2. The van der Waals surface area contributed by atoms with E-state index in [1.54, 1.807) is 0 Å². The van der Waals surface area contributed by atoms with E-state index in [1.165, 1.54) is 0 Å². The Morgan fingerprint density at radius 3 is 2.19 bits per heavy atom. The smallest absolute Gasteiger partial charge is 0.220 e. The van der Waals surface area contributed by atoms with Crippen molar-refractivity contribution in [3.63, 3.8) is 0 Å². The highest BCUT2D eigenvalue weighted by Crippen LogP contribution is 2.34. The normalized spacial score (nSPS) is 12.3. The van der Waals surface area contributed by atoms with E-state index in [0.717, 1.165) is 53.9 Å². The second kappa shape index (κ2) is 9.40. The first-order chi connectivity index (χ1) is 12.1. The van der Waals surface area contributed by atoms with Crippen LogP contribution in [0.15, 0.2) is 12.1 Å². The summed E-state index contributed by atoms with van der Waals surface area (Å²) in [4.78, 5) is 12.2. The van der Waals surface area contributed by atoms with Crippen molar-refractivity contribution in [2.75, 3.05) is 32.7 Å². The van der Waals surface area contributed by atoms with Crippen LogP contribution in [0.1, 0.15) is 64.7 Å². The summed E-state index contributed by atoms with van der Waals surface area (Å²) in [5, 5.41) is 13.4. The molecule has 2 N–H and O–H groups in total. The van der Waals surface area contributed by atoms with E-state index in [-0.39, 0.29) is 11.3 Å². The minimum absolute atomic E-state index is 0.106. The van der Waals surface area contributed by atoms with Crippen molar-refractivity contribution in [3.8, 4) is 5.75 Å². The number of aromatic hydroxyl groups is 1. The number of aryl methyl sites for hydroxylation is 2. The number of amides is 1. The van der Waals surface area contributed by atoms with Gasteiger partial charge in [0.15, 0.2) is 0 Å². The number of likely N-dealkylation sites (N-methyl/N-ethyl adjacent to an activating group) is 1. The van der Waals surface area contributed by atoms with Crippen LogP contribution in [0.4, 0.5) is 0 Å². The average molecular weight is 364 g/mol. The van der Waals surface area contributed by atoms with Crippen molar-refractivity contribution in [2.45, 2.75) is 66.7 Å². The van der Waals surface area contributed by atoms with Crippen LogP contribution in [0.3, 0.4) is 0 Å². The second-order valence-corrected chi connectivity index (χ2v) is 8.42. The summed E-state index contributed by atoms with van der Waals surface area (Å²) in [6.45, 7) is 19.9. The van der Waals surface area contributed by atoms with E-state index < -0.39 is 0 Å². The molecule has 0 aliphatic rings. The van der Waals surface area contributed by atoms with Gasteiger partial charge in [0, 0.05) is 6.42 Å². The Kier molecular flexibility index (Phi) is 8.14. The van der Waals surface area contributed by atoms with E-state index in [9.17, 15) is 9.90 Å². The zero-order chi connectivity index (χ0) is 20.0. The Hall–Kier alpha value is -1.55. The number of quaternary nitrogens is 1. The van der Waals surface area contributed by atoms with E-state index in [2.05, 4.69) is 46.9 Å². The SMILES string of the molecule is CC[N+](CC)(CC)CCNC(=O)CCc1cc(C)c(O)c(C(C)(C)C)c1. The van der Waals surface area contributed by atoms with Crippen molar-refractivity contribution in [3.05, 3.63) is 28.8 Å². The Morgan fingerprint density at radius 1 is 1.12 bits per heavy atom. The van der Waals surface area contributed by atoms with Gasteiger partial charge in [-0.05, 0) is 56.2 Å². The fourth-order valence-corrected chi connectivity index (χ4v) is 3.49. The van der Waals surface area contributed by atoms with Gasteiger partial charge in [-0.25, -0.2) is 0 Å². The van der Waals surface area contributed by atoms with Crippen LogP contribution in [0.5, 0.6) is 5.75 Å². The van der Waals surface area contributed by atoms with Crippen LogP contribution in [-0.4, -0.2) is 48.2 Å². The predicted octanol–water partition coefficient (Wildman–Crippen LogP) is 3.92. The average Bonchev–Trinajstić information content (AvgIpc) is 2.59. The maximum absolute atomic E-state index is 12.2. The van der Waals surface area contributed by atoms with Gasteiger partial charge in [0.25, 0.3) is 0 Å². The Bertz CT molecular complexity index is 591. The molecule has 4 heteroatoms. The molecule has 0 unspecified atom stereocenters. The predicted molar refractivity (Wildman–Crippen MR) is 110 cm³/mol. The number of hydrogen-bond donors (Lipinski definition) is 2. The Labute approximate surface area is 160 Å². The van der Waals surface area contributed by atoms with E-state index >= 15 is 0 Å². The fraction of sp³-hybridized carbons (Fsp3) is 0.682. The fourth-order valence-electron chi connectivity index (χ4n) is 3.49. The van der Waals surface area contributed by atoms with Crippen molar-refractivity contribution in [2.24, 2.45) is 0 Å². The Morgan fingerprint density at radius 2 is 1.69 bits per heavy atom. The van der Waals surface area contributed by atoms with Gasteiger partial charge in [0.2, 0.25) is 5.91 Å². The van der Waals surface area contributed by atoms with Gasteiger partial charge in [-0.15, -0.1) is 0 Å². The highest BCUT2D eigenvalue weighted by molar-refractivity contribution is 5.76. The number of phenols is 1. The molecule has 0 atom stereocenters. The third-order valence-corrected chi connectivity index (χ3v) is 5.73. The van der Waals surface area contributed by atoms with Crippen molar-refractivity contribution in [1.29, 1.82) is 0 Å². The molecule has 0 aromatic heterocycles. The van der Waals surface area contributed by atoms with Crippen LogP contribution < -0.4 is 5.32 Å². The van der Waals surface area contributed by atoms with Gasteiger partial charge in [0.05, 0.1) is 32.7 Å². The molecular formula is C22H39N2O2+. The largest absolute Gasteiger partial charge is 0.507 e. The molecule has 1 aromatic rings. The lowest BCUT2D eigenvalue weighted by atomic mass is 9.83. The summed E-state index contributed by atoms with van der Waals surface area (Å²) in [6, 6.07) is 4.04. The molecule has 1 rings (SSSR count). The number of benzene rings is 1. The molecule has 1 amide bonds. The molecule has 1 aromatic carbocycles. The van der Waals surface area contributed by atoms with Gasteiger partial charge in [0.1, 0.15) is 5.75 Å². The zero-order valence-corrected chi connectivity index (χ0v) is 17.9. The van der Waals surface area contributed by atoms with Gasteiger partial charge in [-0.3, -0.25) is 4.79 Å². The van der Waals surface area contributed by atoms with Crippen molar-refractivity contribution in [1.82, 2.24) is 5.32 Å². The highest BCUT2D eigenvalue weighted by Gasteiger charge is 2.21. The number of phenolic OH excluding ortho intramolecular Hbond substituents is 1. The van der Waals surface area contributed by atoms with E-state index in [1.807, 2.05) is 19.1 Å². The second-order valence-electron chi connectivity index (χ2n) is 8.42. The molecule has 148 valence electrons. The molecule has 4 nitrogen and oxygen atoms in total. The quantitative estimate of drug-likeness (QED) is 0.653. The first-order valence-electron chi connectivity index (χ1n) is 10.0. The third kappa shape index (κ3) is 6.01. The molecule has 0 aliphatic heterocycles. The lowest BCUT2D eigenvalue weighted by molar-refractivity contribution is -0.922. The summed E-state index contributed by atoms with van der Waals surface area (Å²) < 4.78 is 1.05. The summed E-state index contributed by atoms with van der Waals surface area (Å²) in [6.07, 6.45) is 1.18. The standard InChI is InChI=1S/C22H38N2O2/c1-8-24(9-2,10-3)14-13-23-20(25)12-11-18-15-17(4)21(26)19(16-18)22(5,6)7/h15-16H,8-14H2,1-7H3,(H-,23,25,26)/p+1. The molecular weight excluding hydrogens is 324 g/mol. The third-order valence-electron chi connectivity index (χ3n) is 5.73. The molecule has 0 bridgehead atoms. The molecule has 0 heterocycles. The summed E-state index contributed by atoms with van der Waals surface area (Å²) >= 11 is 0. The van der Waals surface area contributed by atoms with E-state index in [0.29, 0.717) is 18.6 Å². The molecule has 0 radical (unpaired) electrons. The topological polar surface area (TPSA) is 49.3 Å². The lowest BCUT2D eigenvalue weighted by Crippen LogP contribution is -2.51. The summed E-state index contributed by atoms with van der Waals surface area (Å²) in [7, 11) is 0. The van der Waals surface area contributed by atoms with Crippen LogP contribution in [-0.2, 0) is 16.6 Å². The molecule has 0 saturated heterocycles. The Balaban J connectivity index is 2.62. The first kappa shape index (κ1) is 22.5.